The van der Waals surface area contributed by atoms with Crippen molar-refractivity contribution in [3.63, 3.8) is 0 Å². The number of thioether (sulfide) groups is 1. The van der Waals surface area contributed by atoms with Crippen LogP contribution in [-0.4, -0.2) is 37.1 Å². The predicted octanol–water partition coefficient (Wildman–Crippen LogP) is 3.00. The highest BCUT2D eigenvalue weighted by atomic mass is 32.2. The summed E-state index contributed by atoms with van der Waals surface area (Å²) in [5, 5.41) is 6.50. The number of hydrogen-bond donors (Lipinski definition) is 1. The third-order valence-corrected chi connectivity index (χ3v) is 4.73. The van der Waals surface area contributed by atoms with E-state index < -0.39 is 0 Å². The number of rotatable bonds is 7. The van der Waals surface area contributed by atoms with Crippen molar-refractivity contribution < 1.29 is 0 Å². The molecule has 1 heterocycles. The van der Waals surface area contributed by atoms with E-state index in [9.17, 15) is 0 Å². The molecule has 0 aliphatic carbocycles. The van der Waals surface area contributed by atoms with Crippen molar-refractivity contribution in [2.75, 3.05) is 31.0 Å². The van der Waals surface area contributed by atoms with Crippen LogP contribution in [-0.2, 0) is 0 Å². The first-order valence-electron chi connectivity index (χ1n) is 5.98. The molecule has 1 N–H and O–H groups in total. The van der Waals surface area contributed by atoms with E-state index in [0.717, 1.165) is 23.0 Å². The van der Waals surface area contributed by atoms with Gasteiger partial charge in [0.15, 0.2) is 5.13 Å². The molecule has 17 heavy (non-hydrogen) atoms. The summed E-state index contributed by atoms with van der Waals surface area (Å²) in [4.78, 5) is 7.02. The van der Waals surface area contributed by atoms with Crippen molar-refractivity contribution in [2.24, 2.45) is 0 Å². The molecule has 0 aromatic carbocycles. The zero-order valence-electron chi connectivity index (χ0n) is 11.4. The standard InChI is InChI=1S/C12H23N3S2/c1-6-10(7-16-5)15(4)12-14-11(8-17-12)9(2)13-3/h8-10,13H,6-7H2,1-5H3. The maximum absolute atomic E-state index is 4.70. The van der Waals surface area contributed by atoms with Crippen LogP contribution in [0, 0.1) is 0 Å². The van der Waals surface area contributed by atoms with E-state index in [2.05, 4.69) is 42.7 Å². The molecule has 0 bridgehead atoms. The van der Waals surface area contributed by atoms with Crippen LogP contribution in [0.3, 0.4) is 0 Å². The summed E-state index contributed by atoms with van der Waals surface area (Å²) in [6, 6.07) is 0.905. The highest BCUT2D eigenvalue weighted by Gasteiger charge is 2.17. The summed E-state index contributed by atoms with van der Waals surface area (Å²) in [6.07, 6.45) is 3.32. The lowest BCUT2D eigenvalue weighted by atomic mass is 10.2. The molecule has 3 nitrogen and oxygen atoms in total. The molecule has 2 atom stereocenters. The van der Waals surface area contributed by atoms with Gasteiger partial charge in [-0.2, -0.15) is 11.8 Å². The van der Waals surface area contributed by atoms with Gasteiger partial charge in [0.1, 0.15) is 0 Å². The zero-order valence-corrected chi connectivity index (χ0v) is 13.0. The fourth-order valence-corrected chi connectivity index (χ4v) is 3.44. The fourth-order valence-electron chi connectivity index (χ4n) is 1.64. The van der Waals surface area contributed by atoms with Gasteiger partial charge in [-0.25, -0.2) is 4.98 Å². The minimum Gasteiger partial charge on any atom is -0.347 e. The molecule has 0 spiro atoms. The lowest BCUT2D eigenvalue weighted by Gasteiger charge is -2.26. The molecule has 0 aliphatic rings. The van der Waals surface area contributed by atoms with Crippen molar-refractivity contribution in [1.82, 2.24) is 10.3 Å². The van der Waals surface area contributed by atoms with Crippen LogP contribution in [0.1, 0.15) is 32.0 Å². The van der Waals surface area contributed by atoms with E-state index in [0.29, 0.717) is 12.1 Å². The zero-order chi connectivity index (χ0) is 12.8. The molecule has 1 rings (SSSR count). The van der Waals surface area contributed by atoms with E-state index in [1.54, 1.807) is 11.3 Å². The molecular weight excluding hydrogens is 250 g/mol. The van der Waals surface area contributed by atoms with Crippen molar-refractivity contribution in [1.29, 1.82) is 0 Å². The van der Waals surface area contributed by atoms with Gasteiger partial charge in [-0.3, -0.25) is 0 Å². The smallest absolute Gasteiger partial charge is 0.185 e. The third-order valence-electron chi connectivity index (χ3n) is 3.07. The van der Waals surface area contributed by atoms with Crippen LogP contribution < -0.4 is 10.2 Å². The summed E-state index contributed by atoms with van der Waals surface area (Å²) in [6.45, 7) is 4.38. The van der Waals surface area contributed by atoms with Crippen LogP contribution in [0.25, 0.3) is 0 Å². The second kappa shape index (κ2) is 7.24. The number of aromatic nitrogens is 1. The number of anilines is 1. The maximum Gasteiger partial charge on any atom is 0.185 e. The molecular formula is C12H23N3S2. The Hall–Kier alpha value is -0.260. The van der Waals surface area contributed by atoms with E-state index in [1.165, 1.54) is 0 Å². The number of nitrogens with one attached hydrogen (secondary N) is 1. The first kappa shape index (κ1) is 14.8. The molecule has 0 saturated heterocycles. The quantitative estimate of drug-likeness (QED) is 0.826. The Labute approximate surface area is 113 Å². The van der Waals surface area contributed by atoms with E-state index in [4.69, 9.17) is 4.98 Å². The summed E-state index contributed by atoms with van der Waals surface area (Å²) >= 11 is 3.63. The molecule has 0 saturated carbocycles. The fraction of sp³-hybridized carbons (Fsp3) is 0.750. The first-order valence-corrected chi connectivity index (χ1v) is 8.25. The highest BCUT2D eigenvalue weighted by molar-refractivity contribution is 7.98. The normalized spacial score (nSPS) is 14.6. The second-order valence-electron chi connectivity index (χ2n) is 4.19. The molecule has 0 radical (unpaired) electrons. The van der Waals surface area contributed by atoms with Crippen molar-refractivity contribution in [3.8, 4) is 0 Å². The van der Waals surface area contributed by atoms with Crippen LogP contribution in [0.15, 0.2) is 5.38 Å². The monoisotopic (exact) mass is 273 g/mol. The Bertz CT molecular complexity index is 327. The first-order chi connectivity index (χ1) is 8.13. The molecule has 5 heteroatoms. The molecule has 0 fully saturated rings. The topological polar surface area (TPSA) is 28.2 Å². The van der Waals surface area contributed by atoms with Crippen molar-refractivity contribution in [3.05, 3.63) is 11.1 Å². The van der Waals surface area contributed by atoms with Gasteiger partial charge in [-0.15, -0.1) is 11.3 Å². The van der Waals surface area contributed by atoms with Gasteiger partial charge >= 0.3 is 0 Å². The number of nitrogens with zero attached hydrogens (tertiary/aromatic N) is 2. The lowest BCUT2D eigenvalue weighted by Crippen LogP contribution is -2.33. The minimum atomic E-state index is 0.328. The summed E-state index contributed by atoms with van der Waals surface area (Å²) in [7, 11) is 4.12. The summed E-state index contributed by atoms with van der Waals surface area (Å²) in [5.41, 5.74) is 1.14. The number of hydrogen-bond acceptors (Lipinski definition) is 5. The highest BCUT2D eigenvalue weighted by Crippen LogP contribution is 2.25. The van der Waals surface area contributed by atoms with Gasteiger partial charge in [0.2, 0.25) is 0 Å². The Morgan fingerprint density at radius 2 is 2.29 bits per heavy atom. The van der Waals surface area contributed by atoms with Crippen LogP contribution in [0.2, 0.25) is 0 Å². The average molecular weight is 273 g/mol. The molecule has 1 aromatic rings. The Morgan fingerprint density at radius 3 is 2.82 bits per heavy atom. The summed E-state index contributed by atoms with van der Waals surface area (Å²) in [5.74, 6) is 1.16. The van der Waals surface area contributed by atoms with E-state index >= 15 is 0 Å². The van der Waals surface area contributed by atoms with Crippen LogP contribution >= 0.6 is 23.1 Å². The van der Waals surface area contributed by atoms with Crippen LogP contribution in [0.5, 0.6) is 0 Å². The van der Waals surface area contributed by atoms with Gasteiger partial charge in [-0.1, -0.05) is 6.92 Å². The Kier molecular flexibility index (Phi) is 6.30. The summed E-state index contributed by atoms with van der Waals surface area (Å²) < 4.78 is 0. The van der Waals surface area contributed by atoms with Crippen LogP contribution in [0.4, 0.5) is 5.13 Å². The Morgan fingerprint density at radius 1 is 1.59 bits per heavy atom. The van der Waals surface area contributed by atoms with E-state index in [1.807, 2.05) is 18.8 Å². The third kappa shape index (κ3) is 3.86. The van der Waals surface area contributed by atoms with E-state index in [-0.39, 0.29) is 0 Å². The molecule has 1 aromatic heterocycles. The van der Waals surface area contributed by atoms with Gasteiger partial charge < -0.3 is 10.2 Å². The van der Waals surface area contributed by atoms with Crippen molar-refractivity contribution in [2.45, 2.75) is 32.4 Å². The lowest BCUT2D eigenvalue weighted by molar-refractivity contribution is 0.630. The molecule has 2 unspecified atom stereocenters. The minimum absolute atomic E-state index is 0.328. The maximum atomic E-state index is 4.70. The number of thiazole rings is 1. The second-order valence-corrected chi connectivity index (χ2v) is 5.94. The van der Waals surface area contributed by atoms with Gasteiger partial charge in [0.25, 0.3) is 0 Å². The largest absolute Gasteiger partial charge is 0.347 e. The van der Waals surface area contributed by atoms with Crippen molar-refractivity contribution >= 4 is 28.2 Å². The molecule has 0 amide bonds. The Balaban J connectivity index is 2.74. The average Bonchev–Trinajstić information content (AvgIpc) is 2.83. The predicted molar refractivity (Wildman–Crippen MR) is 80.5 cm³/mol. The molecule has 0 aliphatic heterocycles. The SMILES string of the molecule is CCC(CSC)N(C)c1nc(C(C)NC)cs1. The van der Waals surface area contributed by atoms with Gasteiger partial charge in [0, 0.05) is 30.3 Å². The van der Waals surface area contributed by atoms with Gasteiger partial charge in [0.05, 0.1) is 5.69 Å². The van der Waals surface area contributed by atoms with Gasteiger partial charge in [-0.05, 0) is 26.6 Å². The molecule has 98 valence electrons.